The van der Waals surface area contributed by atoms with E-state index >= 15 is 0 Å². The van der Waals surface area contributed by atoms with Crippen LogP contribution in [-0.4, -0.2) is 23.7 Å². The molecule has 0 atom stereocenters. The number of hydrogen-bond donors (Lipinski definition) is 2. The quantitative estimate of drug-likeness (QED) is 0.909. The molecule has 0 bridgehead atoms. The standard InChI is InChI=1S/C18H21NO2/c20-12-13-8-10-15(11-9-13)19-18(21)17-7-3-5-14-4-1-2-6-16(14)17/h1-7,13,15,20H,8-12H2,(H,19,21). The number of carbonyl (C=O) groups is 1. The maximum Gasteiger partial charge on any atom is 0.252 e. The third-order valence-corrected chi connectivity index (χ3v) is 4.47. The minimum absolute atomic E-state index is 0.0132. The van der Waals surface area contributed by atoms with Crippen LogP contribution < -0.4 is 5.32 Å². The number of rotatable bonds is 3. The maximum atomic E-state index is 12.5. The summed E-state index contributed by atoms with van der Waals surface area (Å²) in [7, 11) is 0. The first kappa shape index (κ1) is 14.1. The number of nitrogens with one attached hydrogen (secondary N) is 1. The first-order chi connectivity index (χ1) is 10.3. The number of hydrogen-bond acceptors (Lipinski definition) is 2. The topological polar surface area (TPSA) is 49.3 Å². The molecule has 0 unspecified atom stereocenters. The van der Waals surface area contributed by atoms with Gasteiger partial charge < -0.3 is 10.4 Å². The van der Waals surface area contributed by atoms with E-state index in [1.807, 2.05) is 42.5 Å². The Balaban J connectivity index is 1.73. The van der Waals surface area contributed by atoms with E-state index < -0.39 is 0 Å². The summed E-state index contributed by atoms with van der Waals surface area (Å²) in [5.74, 6) is 0.426. The first-order valence-corrected chi connectivity index (χ1v) is 7.67. The number of aliphatic hydroxyl groups is 1. The monoisotopic (exact) mass is 283 g/mol. The van der Waals surface area contributed by atoms with Crippen LogP contribution in [0.1, 0.15) is 36.0 Å². The Hall–Kier alpha value is -1.87. The van der Waals surface area contributed by atoms with Crippen LogP contribution in [0, 0.1) is 5.92 Å². The molecule has 1 saturated carbocycles. The smallest absolute Gasteiger partial charge is 0.252 e. The molecule has 0 heterocycles. The van der Waals surface area contributed by atoms with E-state index in [1.54, 1.807) is 0 Å². The fourth-order valence-corrected chi connectivity index (χ4v) is 3.18. The van der Waals surface area contributed by atoms with Crippen LogP contribution in [0.25, 0.3) is 10.8 Å². The highest BCUT2D eigenvalue weighted by atomic mass is 16.3. The predicted molar refractivity (Wildman–Crippen MR) is 84.2 cm³/mol. The van der Waals surface area contributed by atoms with Crippen molar-refractivity contribution < 1.29 is 9.90 Å². The molecular weight excluding hydrogens is 262 g/mol. The van der Waals surface area contributed by atoms with Gasteiger partial charge in [0.05, 0.1) is 0 Å². The molecule has 3 heteroatoms. The van der Waals surface area contributed by atoms with Crippen molar-refractivity contribution in [2.24, 2.45) is 5.92 Å². The number of fused-ring (bicyclic) bond motifs is 1. The minimum atomic E-state index is 0.0132. The normalized spacial score (nSPS) is 22.1. The maximum absolute atomic E-state index is 12.5. The molecule has 0 radical (unpaired) electrons. The lowest BCUT2D eigenvalue weighted by Gasteiger charge is -2.28. The van der Waals surface area contributed by atoms with Crippen LogP contribution in [0.3, 0.4) is 0 Å². The van der Waals surface area contributed by atoms with E-state index in [0.29, 0.717) is 5.92 Å². The van der Waals surface area contributed by atoms with Gasteiger partial charge in [-0.1, -0.05) is 36.4 Å². The summed E-state index contributed by atoms with van der Waals surface area (Å²) in [4.78, 5) is 12.5. The van der Waals surface area contributed by atoms with Gasteiger partial charge in [0, 0.05) is 18.2 Å². The third-order valence-electron chi connectivity index (χ3n) is 4.47. The van der Waals surface area contributed by atoms with Crippen molar-refractivity contribution in [2.45, 2.75) is 31.7 Å². The van der Waals surface area contributed by atoms with Gasteiger partial charge in [0.25, 0.3) is 5.91 Å². The van der Waals surface area contributed by atoms with Crippen LogP contribution in [0.4, 0.5) is 0 Å². The zero-order valence-corrected chi connectivity index (χ0v) is 12.1. The lowest BCUT2D eigenvalue weighted by molar-refractivity contribution is 0.0915. The van der Waals surface area contributed by atoms with Gasteiger partial charge in [-0.15, -0.1) is 0 Å². The largest absolute Gasteiger partial charge is 0.396 e. The highest BCUT2D eigenvalue weighted by molar-refractivity contribution is 6.07. The predicted octanol–water partition coefficient (Wildman–Crippen LogP) is 3.12. The van der Waals surface area contributed by atoms with Crippen LogP contribution in [0.2, 0.25) is 0 Å². The summed E-state index contributed by atoms with van der Waals surface area (Å²) in [6.45, 7) is 0.268. The average molecular weight is 283 g/mol. The Bertz CT molecular complexity index is 625. The molecule has 0 spiro atoms. The van der Waals surface area contributed by atoms with E-state index in [4.69, 9.17) is 5.11 Å². The van der Waals surface area contributed by atoms with Gasteiger partial charge in [0.2, 0.25) is 0 Å². The Morgan fingerprint density at radius 3 is 2.52 bits per heavy atom. The fraction of sp³-hybridized carbons (Fsp3) is 0.389. The second-order valence-corrected chi connectivity index (χ2v) is 5.90. The van der Waals surface area contributed by atoms with Crippen molar-refractivity contribution in [3.05, 3.63) is 48.0 Å². The zero-order chi connectivity index (χ0) is 14.7. The van der Waals surface area contributed by atoms with E-state index in [9.17, 15) is 4.79 Å². The Morgan fingerprint density at radius 1 is 1.05 bits per heavy atom. The molecule has 3 nitrogen and oxygen atoms in total. The lowest BCUT2D eigenvalue weighted by atomic mass is 9.86. The van der Waals surface area contributed by atoms with Crippen molar-refractivity contribution in [2.75, 3.05) is 6.61 Å². The minimum Gasteiger partial charge on any atom is -0.396 e. The van der Waals surface area contributed by atoms with Crippen molar-refractivity contribution in [3.8, 4) is 0 Å². The van der Waals surface area contributed by atoms with Gasteiger partial charge in [-0.05, 0) is 48.4 Å². The molecule has 110 valence electrons. The van der Waals surface area contributed by atoms with Gasteiger partial charge >= 0.3 is 0 Å². The van der Waals surface area contributed by atoms with Crippen LogP contribution in [0.15, 0.2) is 42.5 Å². The molecule has 0 saturated heterocycles. The number of aliphatic hydroxyl groups excluding tert-OH is 1. The number of carbonyl (C=O) groups excluding carboxylic acids is 1. The molecule has 1 amide bonds. The van der Waals surface area contributed by atoms with Gasteiger partial charge in [-0.2, -0.15) is 0 Å². The van der Waals surface area contributed by atoms with E-state index in [0.717, 1.165) is 42.0 Å². The Kier molecular flexibility index (Phi) is 4.20. The highest BCUT2D eigenvalue weighted by Crippen LogP contribution is 2.24. The zero-order valence-electron chi connectivity index (χ0n) is 12.1. The summed E-state index contributed by atoms with van der Waals surface area (Å²) in [5, 5.41) is 14.4. The summed E-state index contributed by atoms with van der Waals surface area (Å²) >= 11 is 0. The summed E-state index contributed by atoms with van der Waals surface area (Å²) < 4.78 is 0. The van der Waals surface area contributed by atoms with Crippen LogP contribution in [-0.2, 0) is 0 Å². The van der Waals surface area contributed by atoms with Gasteiger partial charge in [-0.3, -0.25) is 4.79 Å². The Morgan fingerprint density at radius 2 is 1.76 bits per heavy atom. The SMILES string of the molecule is O=C(NC1CCC(CO)CC1)c1cccc2ccccc12. The van der Waals surface area contributed by atoms with Crippen molar-refractivity contribution in [1.29, 1.82) is 0 Å². The van der Waals surface area contributed by atoms with Crippen molar-refractivity contribution in [3.63, 3.8) is 0 Å². The number of amides is 1. The lowest BCUT2D eigenvalue weighted by Crippen LogP contribution is -2.38. The molecule has 2 aromatic carbocycles. The highest BCUT2D eigenvalue weighted by Gasteiger charge is 2.22. The summed E-state index contributed by atoms with van der Waals surface area (Å²) in [6, 6.07) is 14.0. The summed E-state index contributed by atoms with van der Waals surface area (Å²) in [6.07, 6.45) is 3.91. The van der Waals surface area contributed by atoms with Gasteiger partial charge in [-0.25, -0.2) is 0 Å². The molecule has 21 heavy (non-hydrogen) atoms. The third kappa shape index (κ3) is 3.08. The average Bonchev–Trinajstić information content (AvgIpc) is 2.55. The van der Waals surface area contributed by atoms with Crippen LogP contribution in [0.5, 0.6) is 0 Å². The Labute approximate surface area is 125 Å². The molecule has 1 fully saturated rings. The second kappa shape index (κ2) is 6.27. The molecule has 3 rings (SSSR count). The van der Waals surface area contributed by atoms with E-state index in [1.165, 1.54) is 0 Å². The number of benzene rings is 2. The van der Waals surface area contributed by atoms with Crippen molar-refractivity contribution >= 4 is 16.7 Å². The van der Waals surface area contributed by atoms with E-state index in [2.05, 4.69) is 5.32 Å². The molecule has 2 N–H and O–H groups in total. The molecule has 1 aliphatic carbocycles. The van der Waals surface area contributed by atoms with Gasteiger partial charge in [0.1, 0.15) is 0 Å². The fourth-order valence-electron chi connectivity index (χ4n) is 3.18. The van der Waals surface area contributed by atoms with E-state index in [-0.39, 0.29) is 18.6 Å². The van der Waals surface area contributed by atoms with Gasteiger partial charge in [0.15, 0.2) is 0 Å². The molecular formula is C18H21NO2. The second-order valence-electron chi connectivity index (χ2n) is 5.90. The molecule has 2 aromatic rings. The molecule has 0 aliphatic heterocycles. The summed E-state index contributed by atoms with van der Waals surface area (Å²) in [5.41, 5.74) is 0.748. The van der Waals surface area contributed by atoms with Crippen LogP contribution >= 0.6 is 0 Å². The first-order valence-electron chi connectivity index (χ1n) is 7.67. The van der Waals surface area contributed by atoms with Crippen molar-refractivity contribution in [1.82, 2.24) is 5.32 Å². The molecule has 0 aromatic heterocycles. The molecule has 1 aliphatic rings.